The van der Waals surface area contributed by atoms with Crippen LogP contribution in [0.4, 0.5) is 0 Å². The van der Waals surface area contributed by atoms with Crippen molar-refractivity contribution in [2.24, 2.45) is 5.73 Å². The van der Waals surface area contributed by atoms with Crippen molar-refractivity contribution in [2.45, 2.75) is 14.7 Å². The first kappa shape index (κ1) is 18.7. The largest absolute Gasteiger partial charge is 0.329 e. The van der Waals surface area contributed by atoms with Crippen LogP contribution in [0.25, 0.3) is 0 Å². The molecule has 4 nitrogen and oxygen atoms in total. The van der Waals surface area contributed by atoms with E-state index >= 15 is 0 Å². The quantitative estimate of drug-likeness (QED) is 0.660. The maximum Gasteiger partial charge on any atom is 0.278 e. The molecule has 0 amide bonds. The Balaban J connectivity index is 2.32. The Kier molecular flexibility index (Phi) is 5.78. The fourth-order valence-electron chi connectivity index (χ4n) is 2.70. The van der Waals surface area contributed by atoms with Crippen LogP contribution in [0.5, 0.6) is 0 Å². The van der Waals surface area contributed by atoms with Crippen LogP contribution < -0.4 is 5.73 Å². The van der Waals surface area contributed by atoms with Crippen LogP contribution in [-0.4, -0.2) is 20.7 Å². The molecule has 0 saturated heterocycles. The van der Waals surface area contributed by atoms with Gasteiger partial charge < -0.3 is 5.73 Å². The molecule has 0 unspecified atom stereocenters. The van der Waals surface area contributed by atoms with E-state index in [0.29, 0.717) is 0 Å². The highest BCUT2D eigenvalue weighted by Gasteiger charge is 2.37. The molecule has 0 bridgehead atoms. The van der Waals surface area contributed by atoms with E-state index in [1.807, 2.05) is 91.0 Å². The normalized spacial score (nSPS) is 12.7. The highest BCUT2D eigenvalue weighted by Crippen LogP contribution is 2.69. The molecular formula is C20H21NO3S2. The lowest BCUT2D eigenvalue weighted by Gasteiger charge is -2.39. The van der Waals surface area contributed by atoms with E-state index in [1.165, 1.54) is 0 Å². The average molecular weight is 388 g/mol. The molecule has 0 aromatic heterocycles. The first-order valence-electron chi connectivity index (χ1n) is 8.21. The number of rotatable bonds is 7. The Labute approximate surface area is 156 Å². The molecule has 3 aromatic carbocycles. The fourth-order valence-corrected chi connectivity index (χ4v) is 7.88. The molecule has 3 aromatic rings. The summed E-state index contributed by atoms with van der Waals surface area (Å²) in [6.45, 7) is 0.0101. The minimum Gasteiger partial charge on any atom is -0.329 e. The van der Waals surface area contributed by atoms with Crippen LogP contribution in [0.3, 0.4) is 0 Å². The summed E-state index contributed by atoms with van der Waals surface area (Å²) in [4.78, 5) is 2.45. The molecule has 0 atom stereocenters. The van der Waals surface area contributed by atoms with E-state index in [9.17, 15) is 8.42 Å². The van der Waals surface area contributed by atoms with Crippen LogP contribution in [0.15, 0.2) is 106 Å². The topological polar surface area (TPSA) is 69.4 Å². The van der Waals surface area contributed by atoms with Crippen molar-refractivity contribution < 1.29 is 12.0 Å². The standard InChI is InChI=1S/C20H21NO3S2/c21-16-17-25(22,23)24-26(18-10-4-1-5-11-18,19-12-6-2-7-13-19)20-14-8-3-9-15-20/h1-15H,16-17,21H2. The van der Waals surface area contributed by atoms with Crippen molar-refractivity contribution in [2.75, 3.05) is 12.3 Å². The van der Waals surface area contributed by atoms with E-state index in [1.54, 1.807) is 0 Å². The van der Waals surface area contributed by atoms with Gasteiger partial charge in [-0.2, -0.15) is 8.42 Å². The van der Waals surface area contributed by atoms with E-state index < -0.39 is 20.4 Å². The van der Waals surface area contributed by atoms with Crippen LogP contribution >= 0.6 is 10.3 Å². The van der Waals surface area contributed by atoms with Crippen molar-refractivity contribution in [3.8, 4) is 0 Å². The van der Waals surface area contributed by atoms with Crippen LogP contribution in [0.2, 0.25) is 0 Å². The molecule has 2 N–H and O–H groups in total. The summed E-state index contributed by atoms with van der Waals surface area (Å²) < 4.78 is 31.4. The molecule has 0 spiro atoms. The van der Waals surface area contributed by atoms with Gasteiger partial charge in [0.05, 0.1) is 5.75 Å². The Morgan fingerprint density at radius 3 is 1.31 bits per heavy atom. The first-order chi connectivity index (χ1) is 12.6. The summed E-state index contributed by atoms with van der Waals surface area (Å²) in [6, 6.07) is 28.5. The lowest BCUT2D eigenvalue weighted by atomic mass is 10.4. The van der Waals surface area contributed by atoms with E-state index in [4.69, 9.17) is 9.36 Å². The molecule has 0 fully saturated rings. The predicted octanol–water partition coefficient (Wildman–Crippen LogP) is 4.19. The van der Waals surface area contributed by atoms with Crippen molar-refractivity contribution in [3.63, 3.8) is 0 Å². The second kappa shape index (κ2) is 8.05. The van der Waals surface area contributed by atoms with Gasteiger partial charge in [0.2, 0.25) is 0 Å². The van der Waals surface area contributed by atoms with Gasteiger partial charge in [-0.05, 0) is 46.7 Å². The molecule has 0 aliphatic carbocycles. The van der Waals surface area contributed by atoms with Crippen molar-refractivity contribution in [3.05, 3.63) is 91.0 Å². The minimum atomic E-state index is -3.82. The zero-order valence-electron chi connectivity index (χ0n) is 14.2. The van der Waals surface area contributed by atoms with Gasteiger partial charge in [0.1, 0.15) is 0 Å². The van der Waals surface area contributed by atoms with Gasteiger partial charge in [-0.15, -0.1) is 0 Å². The molecular weight excluding hydrogens is 366 g/mol. The summed E-state index contributed by atoms with van der Waals surface area (Å²) in [7, 11) is -6.28. The predicted molar refractivity (Wildman–Crippen MR) is 106 cm³/mol. The van der Waals surface area contributed by atoms with Gasteiger partial charge in [-0.1, -0.05) is 54.6 Å². The Morgan fingerprint density at radius 2 is 1.00 bits per heavy atom. The van der Waals surface area contributed by atoms with Crippen molar-refractivity contribution >= 4 is 20.4 Å². The average Bonchev–Trinajstić information content (AvgIpc) is 2.68. The Morgan fingerprint density at radius 1 is 0.654 bits per heavy atom. The van der Waals surface area contributed by atoms with Crippen LogP contribution in [0, 0.1) is 0 Å². The van der Waals surface area contributed by atoms with Gasteiger partial charge in [0, 0.05) is 21.2 Å². The van der Waals surface area contributed by atoms with Gasteiger partial charge in [0.15, 0.2) is 0 Å². The van der Waals surface area contributed by atoms with Crippen molar-refractivity contribution in [1.29, 1.82) is 0 Å². The molecule has 0 heterocycles. The monoisotopic (exact) mass is 387 g/mol. The summed E-state index contributed by atoms with van der Waals surface area (Å²) >= 11 is 0. The zero-order chi connectivity index (χ0) is 18.5. The maximum atomic E-state index is 12.7. The van der Waals surface area contributed by atoms with Gasteiger partial charge in [-0.3, -0.25) is 0 Å². The second-order valence-corrected chi connectivity index (χ2v) is 10.2. The van der Waals surface area contributed by atoms with E-state index in [-0.39, 0.29) is 12.3 Å². The maximum absolute atomic E-state index is 12.7. The molecule has 26 heavy (non-hydrogen) atoms. The van der Waals surface area contributed by atoms with E-state index in [0.717, 1.165) is 14.7 Å². The second-order valence-electron chi connectivity index (χ2n) is 5.61. The van der Waals surface area contributed by atoms with Crippen LogP contribution in [0.1, 0.15) is 0 Å². The van der Waals surface area contributed by atoms with E-state index in [2.05, 4.69) is 0 Å². The first-order valence-corrected chi connectivity index (χ1v) is 11.3. The molecule has 6 heteroatoms. The molecule has 0 saturated carbocycles. The minimum absolute atomic E-state index is 0.0101. The molecule has 136 valence electrons. The SMILES string of the molecule is NCCS(=O)(=O)OS(c1ccccc1)(c1ccccc1)c1ccccc1. The van der Waals surface area contributed by atoms with Gasteiger partial charge >= 0.3 is 0 Å². The van der Waals surface area contributed by atoms with Gasteiger partial charge in [0.25, 0.3) is 10.1 Å². The lowest BCUT2D eigenvalue weighted by molar-refractivity contribution is 0.508. The molecule has 3 rings (SSSR count). The summed E-state index contributed by atoms with van der Waals surface area (Å²) in [5.74, 6) is -0.228. The van der Waals surface area contributed by atoms with Crippen LogP contribution in [-0.2, 0) is 13.7 Å². The number of hydrogen-bond acceptors (Lipinski definition) is 4. The highest BCUT2D eigenvalue weighted by atomic mass is 32.3. The summed E-state index contributed by atoms with van der Waals surface area (Å²) in [6.07, 6.45) is 0. The zero-order valence-corrected chi connectivity index (χ0v) is 15.8. The highest BCUT2D eigenvalue weighted by molar-refractivity contribution is 8.33. The third-order valence-corrected chi connectivity index (χ3v) is 8.99. The third kappa shape index (κ3) is 3.83. The smallest absolute Gasteiger partial charge is 0.278 e. The van der Waals surface area contributed by atoms with Crippen molar-refractivity contribution in [1.82, 2.24) is 0 Å². The van der Waals surface area contributed by atoms with Gasteiger partial charge in [-0.25, -0.2) is 3.63 Å². The molecule has 0 aliphatic rings. The third-order valence-electron chi connectivity index (χ3n) is 3.80. The number of hydrogen-bond donors (Lipinski definition) is 1. The number of nitrogens with two attached hydrogens (primary N) is 1. The molecule has 0 aliphatic heterocycles. The number of benzene rings is 3. The fraction of sp³-hybridized carbons (Fsp3) is 0.100. The Bertz CT molecular complexity index is 834. The molecule has 0 radical (unpaired) electrons. The lowest BCUT2D eigenvalue weighted by Crippen LogP contribution is -2.21. The Hall–Kier alpha value is -2.12. The summed E-state index contributed by atoms with van der Waals surface area (Å²) in [5.41, 5.74) is 5.50. The summed E-state index contributed by atoms with van der Waals surface area (Å²) in [5, 5.41) is 0.